The molecule has 4 heteroatoms. The molecule has 74 valence electrons. The van der Waals surface area contributed by atoms with Crippen molar-refractivity contribution in [1.29, 1.82) is 0 Å². The Hall–Kier alpha value is -0.450. The standard InChI is InChI=1S/C9H16N2OS/c1-4-10-5-8-6-13-9(11-8)7(2)12-3/h6-7,10H,4-5H2,1-3H3. The highest BCUT2D eigenvalue weighted by molar-refractivity contribution is 7.09. The number of nitrogens with one attached hydrogen (secondary N) is 1. The van der Waals surface area contributed by atoms with E-state index in [4.69, 9.17) is 4.74 Å². The van der Waals surface area contributed by atoms with Crippen molar-refractivity contribution in [3.05, 3.63) is 16.1 Å². The number of aromatic nitrogens is 1. The molecule has 0 amide bonds. The van der Waals surface area contributed by atoms with Crippen molar-refractivity contribution in [2.45, 2.75) is 26.5 Å². The lowest BCUT2D eigenvalue weighted by molar-refractivity contribution is 0.119. The average molecular weight is 200 g/mol. The predicted octanol–water partition coefficient (Wildman–Crippen LogP) is 1.96. The Morgan fingerprint density at radius 1 is 1.69 bits per heavy atom. The summed E-state index contributed by atoms with van der Waals surface area (Å²) in [6.07, 6.45) is 0.111. The van der Waals surface area contributed by atoms with Gasteiger partial charge in [0.15, 0.2) is 0 Å². The lowest BCUT2D eigenvalue weighted by Crippen LogP contribution is -2.12. The van der Waals surface area contributed by atoms with E-state index in [2.05, 4.69) is 22.6 Å². The van der Waals surface area contributed by atoms with Gasteiger partial charge in [0.2, 0.25) is 0 Å². The maximum Gasteiger partial charge on any atom is 0.122 e. The van der Waals surface area contributed by atoms with Crippen LogP contribution in [0.4, 0.5) is 0 Å². The van der Waals surface area contributed by atoms with Crippen molar-refractivity contribution in [3.63, 3.8) is 0 Å². The Balaban J connectivity index is 2.53. The molecule has 0 fully saturated rings. The zero-order chi connectivity index (χ0) is 9.68. The molecule has 1 aromatic rings. The van der Waals surface area contributed by atoms with Crippen molar-refractivity contribution in [2.75, 3.05) is 13.7 Å². The summed E-state index contributed by atoms with van der Waals surface area (Å²) in [7, 11) is 1.70. The second-order valence-corrected chi connectivity index (χ2v) is 3.73. The Bertz CT molecular complexity index is 250. The third-order valence-electron chi connectivity index (χ3n) is 1.83. The molecule has 0 aliphatic heterocycles. The van der Waals surface area contributed by atoms with Crippen LogP contribution in [-0.2, 0) is 11.3 Å². The smallest absolute Gasteiger partial charge is 0.122 e. The summed E-state index contributed by atoms with van der Waals surface area (Å²) in [6.45, 7) is 5.93. The van der Waals surface area contributed by atoms with Gasteiger partial charge in [-0.2, -0.15) is 0 Å². The van der Waals surface area contributed by atoms with Crippen LogP contribution in [0.25, 0.3) is 0 Å². The Morgan fingerprint density at radius 2 is 2.46 bits per heavy atom. The van der Waals surface area contributed by atoms with E-state index in [1.807, 2.05) is 6.92 Å². The molecule has 1 aromatic heterocycles. The Morgan fingerprint density at radius 3 is 3.08 bits per heavy atom. The van der Waals surface area contributed by atoms with Crippen molar-refractivity contribution < 1.29 is 4.74 Å². The van der Waals surface area contributed by atoms with Gasteiger partial charge in [-0.05, 0) is 13.5 Å². The predicted molar refractivity (Wildman–Crippen MR) is 54.9 cm³/mol. The molecule has 13 heavy (non-hydrogen) atoms. The van der Waals surface area contributed by atoms with E-state index in [9.17, 15) is 0 Å². The Kier molecular flexibility index (Phi) is 4.35. The van der Waals surface area contributed by atoms with Crippen LogP contribution in [0.5, 0.6) is 0 Å². The van der Waals surface area contributed by atoms with Crippen LogP contribution in [0.3, 0.4) is 0 Å². The van der Waals surface area contributed by atoms with Gasteiger partial charge in [0.05, 0.1) is 5.69 Å². The number of thiazole rings is 1. The molecular weight excluding hydrogens is 184 g/mol. The summed E-state index contributed by atoms with van der Waals surface area (Å²) in [4.78, 5) is 4.45. The molecule has 0 saturated heterocycles. The largest absolute Gasteiger partial charge is 0.375 e. The minimum Gasteiger partial charge on any atom is -0.375 e. The van der Waals surface area contributed by atoms with Gasteiger partial charge in [0.25, 0.3) is 0 Å². The molecule has 0 bridgehead atoms. The fourth-order valence-electron chi connectivity index (χ4n) is 0.944. The molecule has 1 N–H and O–H groups in total. The van der Waals surface area contributed by atoms with E-state index in [0.717, 1.165) is 23.8 Å². The van der Waals surface area contributed by atoms with Crippen LogP contribution >= 0.6 is 11.3 Å². The summed E-state index contributed by atoms with van der Waals surface area (Å²) in [6, 6.07) is 0. The fourth-order valence-corrected chi connectivity index (χ4v) is 1.80. The molecule has 0 radical (unpaired) electrons. The summed E-state index contributed by atoms with van der Waals surface area (Å²) in [5.74, 6) is 0. The van der Waals surface area contributed by atoms with Gasteiger partial charge in [0.1, 0.15) is 11.1 Å². The lowest BCUT2D eigenvalue weighted by atomic mass is 10.4. The molecule has 0 saturated carbocycles. The second kappa shape index (κ2) is 5.32. The van der Waals surface area contributed by atoms with Crippen LogP contribution in [0.2, 0.25) is 0 Å². The van der Waals surface area contributed by atoms with Crippen molar-refractivity contribution >= 4 is 11.3 Å². The number of methoxy groups -OCH3 is 1. The minimum absolute atomic E-state index is 0.111. The number of rotatable bonds is 5. The molecule has 1 heterocycles. The van der Waals surface area contributed by atoms with E-state index in [0.29, 0.717) is 0 Å². The van der Waals surface area contributed by atoms with Crippen molar-refractivity contribution in [2.24, 2.45) is 0 Å². The third-order valence-corrected chi connectivity index (χ3v) is 2.88. The molecule has 0 aromatic carbocycles. The van der Waals surface area contributed by atoms with E-state index >= 15 is 0 Å². The highest BCUT2D eigenvalue weighted by Crippen LogP contribution is 2.19. The molecule has 0 aliphatic rings. The number of hydrogen-bond acceptors (Lipinski definition) is 4. The van der Waals surface area contributed by atoms with E-state index in [1.165, 1.54) is 0 Å². The van der Waals surface area contributed by atoms with E-state index in [-0.39, 0.29) is 6.10 Å². The highest BCUT2D eigenvalue weighted by Gasteiger charge is 2.08. The van der Waals surface area contributed by atoms with E-state index in [1.54, 1.807) is 18.4 Å². The minimum atomic E-state index is 0.111. The number of hydrogen-bond donors (Lipinski definition) is 1. The topological polar surface area (TPSA) is 34.1 Å². The van der Waals surface area contributed by atoms with E-state index < -0.39 is 0 Å². The van der Waals surface area contributed by atoms with Crippen LogP contribution in [0, 0.1) is 0 Å². The normalized spacial score (nSPS) is 13.2. The molecule has 0 spiro atoms. The molecular formula is C9H16N2OS. The number of ether oxygens (including phenoxy) is 1. The van der Waals surface area contributed by atoms with Gasteiger partial charge in [-0.3, -0.25) is 0 Å². The monoisotopic (exact) mass is 200 g/mol. The maximum atomic E-state index is 5.18. The van der Waals surface area contributed by atoms with Crippen molar-refractivity contribution in [1.82, 2.24) is 10.3 Å². The van der Waals surface area contributed by atoms with Crippen LogP contribution in [0.15, 0.2) is 5.38 Å². The third kappa shape index (κ3) is 3.06. The van der Waals surface area contributed by atoms with Gasteiger partial charge in [-0.25, -0.2) is 4.98 Å². The highest BCUT2D eigenvalue weighted by atomic mass is 32.1. The summed E-state index contributed by atoms with van der Waals surface area (Å²) >= 11 is 1.66. The molecule has 1 rings (SSSR count). The molecule has 1 unspecified atom stereocenters. The Labute approximate surface area is 83.1 Å². The first kappa shape index (κ1) is 10.6. The van der Waals surface area contributed by atoms with Gasteiger partial charge in [0, 0.05) is 19.0 Å². The maximum absolute atomic E-state index is 5.18. The first-order valence-corrected chi connectivity index (χ1v) is 5.33. The zero-order valence-corrected chi connectivity index (χ0v) is 9.15. The summed E-state index contributed by atoms with van der Waals surface area (Å²) < 4.78 is 5.18. The average Bonchev–Trinajstić information content (AvgIpc) is 2.62. The summed E-state index contributed by atoms with van der Waals surface area (Å²) in [5.41, 5.74) is 1.10. The van der Waals surface area contributed by atoms with Crippen LogP contribution < -0.4 is 5.32 Å². The SMILES string of the molecule is CCNCc1csc(C(C)OC)n1. The number of nitrogens with zero attached hydrogens (tertiary/aromatic N) is 1. The quantitative estimate of drug-likeness (QED) is 0.789. The van der Waals surface area contributed by atoms with Gasteiger partial charge < -0.3 is 10.1 Å². The zero-order valence-electron chi connectivity index (χ0n) is 8.33. The first-order valence-electron chi connectivity index (χ1n) is 4.45. The molecule has 3 nitrogen and oxygen atoms in total. The molecule has 1 atom stereocenters. The van der Waals surface area contributed by atoms with Gasteiger partial charge in [-0.15, -0.1) is 11.3 Å². The van der Waals surface area contributed by atoms with Crippen molar-refractivity contribution in [3.8, 4) is 0 Å². The van der Waals surface area contributed by atoms with Crippen LogP contribution in [0.1, 0.15) is 30.7 Å². The van der Waals surface area contributed by atoms with Gasteiger partial charge >= 0.3 is 0 Å². The fraction of sp³-hybridized carbons (Fsp3) is 0.667. The first-order chi connectivity index (χ1) is 6.27. The molecule has 0 aliphatic carbocycles. The summed E-state index contributed by atoms with van der Waals surface area (Å²) in [5, 5.41) is 6.37. The second-order valence-electron chi connectivity index (χ2n) is 2.84. The van der Waals surface area contributed by atoms with Crippen LogP contribution in [-0.4, -0.2) is 18.6 Å². The lowest BCUT2D eigenvalue weighted by Gasteiger charge is -2.03. The van der Waals surface area contributed by atoms with Gasteiger partial charge in [-0.1, -0.05) is 6.92 Å².